The van der Waals surface area contributed by atoms with Crippen molar-refractivity contribution in [2.45, 2.75) is 26.3 Å². The van der Waals surface area contributed by atoms with E-state index >= 15 is 0 Å². The highest BCUT2D eigenvalue weighted by molar-refractivity contribution is 5.26. The normalized spacial score (nSPS) is 10.4. The summed E-state index contributed by atoms with van der Waals surface area (Å²) in [6, 6.07) is 14.2. The predicted octanol–water partition coefficient (Wildman–Crippen LogP) is 3.34. The van der Waals surface area contributed by atoms with Crippen LogP contribution in [0.5, 0.6) is 5.75 Å². The lowest BCUT2D eigenvalue weighted by Crippen LogP contribution is -2.16. The van der Waals surface area contributed by atoms with Gasteiger partial charge in [-0.25, -0.2) is 0 Å². The van der Waals surface area contributed by atoms with Gasteiger partial charge in [0.2, 0.25) is 0 Å². The number of aromatic nitrogens is 1. The van der Waals surface area contributed by atoms with E-state index in [-0.39, 0.29) is 0 Å². The van der Waals surface area contributed by atoms with Gasteiger partial charge in [0.15, 0.2) is 0 Å². The SMILES string of the molecule is Cc1ccc(OCCCCNCc2ccccn2)cc1. The molecule has 0 saturated carbocycles. The highest BCUT2D eigenvalue weighted by Crippen LogP contribution is 2.11. The molecule has 3 heteroatoms. The molecule has 0 amide bonds. The molecule has 1 aromatic heterocycles. The molecule has 20 heavy (non-hydrogen) atoms. The Bertz CT molecular complexity index is 482. The molecule has 2 aromatic rings. The topological polar surface area (TPSA) is 34.1 Å². The van der Waals surface area contributed by atoms with Crippen molar-refractivity contribution in [1.82, 2.24) is 10.3 Å². The summed E-state index contributed by atoms with van der Waals surface area (Å²) in [5.41, 5.74) is 2.35. The van der Waals surface area contributed by atoms with Gasteiger partial charge in [-0.05, 0) is 50.6 Å². The molecule has 0 saturated heterocycles. The number of aryl methyl sites for hydroxylation is 1. The third-order valence-corrected chi connectivity index (χ3v) is 3.07. The average Bonchev–Trinajstić information content (AvgIpc) is 2.49. The molecule has 0 bridgehead atoms. The van der Waals surface area contributed by atoms with Crippen molar-refractivity contribution in [2.75, 3.05) is 13.2 Å². The molecule has 1 aromatic carbocycles. The van der Waals surface area contributed by atoms with Crippen LogP contribution in [0.3, 0.4) is 0 Å². The molecule has 1 N–H and O–H groups in total. The minimum Gasteiger partial charge on any atom is -0.494 e. The molecule has 0 unspecified atom stereocenters. The van der Waals surface area contributed by atoms with Gasteiger partial charge in [0.25, 0.3) is 0 Å². The number of nitrogens with zero attached hydrogens (tertiary/aromatic N) is 1. The van der Waals surface area contributed by atoms with E-state index in [1.165, 1.54) is 5.56 Å². The third-order valence-electron chi connectivity index (χ3n) is 3.07. The molecular formula is C17H22N2O. The van der Waals surface area contributed by atoms with Crippen molar-refractivity contribution in [1.29, 1.82) is 0 Å². The third kappa shape index (κ3) is 5.41. The summed E-state index contributed by atoms with van der Waals surface area (Å²) in [6.07, 6.45) is 3.99. The molecule has 0 fully saturated rings. The monoisotopic (exact) mass is 270 g/mol. The first-order valence-electron chi connectivity index (χ1n) is 7.15. The zero-order valence-corrected chi connectivity index (χ0v) is 12.0. The standard InChI is InChI=1S/C17H22N2O/c1-15-7-9-17(10-8-15)20-13-5-4-11-18-14-16-6-2-3-12-19-16/h2-3,6-10,12,18H,4-5,11,13-14H2,1H3. The zero-order chi connectivity index (χ0) is 14.0. The molecule has 0 aliphatic carbocycles. The molecule has 2 rings (SSSR count). The van der Waals surface area contributed by atoms with E-state index in [1.54, 1.807) is 0 Å². The van der Waals surface area contributed by atoms with E-state index in [2.05, 4.69) is 29.4 Å². The van der Waals surface area contributed by atoms with Gasteiger partial charge in [-0.2, -0.15) is 0 Å². The second kappa shape index (κ2) is 8.33. The molecule has 0 aliphatic heterocycles. The van der Waals surface area contributed by atoms with Crippen LogP contribution in [-0.4, -0.2) is 18.1 Å². The average molecular weight is 270 g/mol. The summed E-state index contributed by atoms with van der Waals surface area (Å²) in [4.78, 5) is 4.27. The first-order chi connectivity index (χ1) is 9.84. The first kappa shape index (κ1) is 14.5. The van der Waals surface area contributed by atoms with Gasteiger partial charge >= 0.3 is 0 Å². The summed E-state index contributed by atoms with van der Waals surface area (Å²) >= 11 is 0. The van der Waals surface area contributed by atoms with Crippen LogP contribution in [0.15, 0.2) is 48.7 Å². The Morgan fingerprint density at radius 3 is 2.65 bits per heavy atom. The number of rotatable bonds is 8. The summed E-state index contributed by atoms with van der Waals surface area (Å²) < 4.78 is 5.69. The van der Waals surface area contributed by atoms with E-state index in [0.29, 0.717) is 0 Å². The Labute approximate surface area is 121 Å². The minimum absolute atomic E-state index is 0.772. The van der Waals surface area contributed by atoms with E-state index in [1.807, 2.05) is 36.5 Å². The number of ether oxygens (including phenoxy) is 1. The second-order valence-electron chi connectivity index (χ2n) is 4.87. The second-order valence-corrected chi connectivity index (χ2v) is 4.87. The lowest BCUT2D eigenvalue weighted by molar-refractivity contribution is 0.305. The maximum absolute atomic E-state index is 5.69. The van der Waals surface area contributed by atoms with E-state index in [4.69, 9.17) is 4.74 Å². The smallest absolute Gasteiger partial charge is 0.119 e. The van der Waals surface area contributed by atoms with Crippen LogP contribution in [0.2, 0.25) is 0 Å². The predicted molar refractivity (Wildman–Crippen MR) is 81.9 cm³/mol. The fourth-order valence-corrected chi connectivity index (χ4v) is 1.90. The van der Waals surface area contributed by atoms with Gasteiger partial charge in [0.05, 0.1) is 12.3 Å². The number of hydrogen-bond donors (Lipinski definition) is 1. The van der Waals surface area contributed by atoms with Crippen LogP contribution >= 0.6 is 0 Å². The largest absolute Gasteiger partial charge is 0.494 e. The van der Waals surface area contributed by atoms with Crippen molar-refractivity contribution in [3.8, 4) is 5.75 Å². The van der Waals surface area contributed by atoms with Crippen molar-refractivity contribution < 1.29 is 4.74 Å². The maximum Gasteiger partial charge on any atom is 0.119 e. The van der Waals surface area contributed by atoms with Crippen LogP contribution in [0.1, 0.15) is 24.1 Å². The van der Waals surface area contributed by atoms with Gasteiger partial charge in [-0.1, -0.05) is 23.8 Å². The van der Waals surface area contributed by atoms with Gasteiger partial charge < -0.3 is 10.1 Å². The molecule has 1 heterocycles. The van der Waals surface area contributed by atoms with Crippen molar-refractivity contribution in [3.63, 3.8) is 0 Å². The molecule has 106 valence electrons. The Balaban J connectivity index is 1.51. The fourth-order valence-electron chi connectivity index (χ4n) is 1.90. The lowest BCUT2D eigenvalue weighted by Gasteiger charge is -2.07. The Kier molecular flexibility index (Phi) is 6.06. The van der Waals surface area contributed by atoms with Crippen molar-refractivity contribution in [2.24, 2.45) is 0 Å². The van der Waals surface area contributed by atoms with Crippen molar-refractivity contribution >= 4 is 0 Å². The highest BCUT2D eigenvalue weighted by atomic mass is 16.5. The maximum atomic E-state index is 5.69. The summed E-state index contributed by atoms with van der Waals surface area (Å²) in [6.45, 7) is 4.68. The number of unbranched alkanes of at least 4 members (excludes halogenated alkanes) is 1. The van der Waals surface area contributed by atoms with Crippen LogP contribution in [0.25, 0.3) is 0 Å². The summed E-state index contributed by atoms with van der Waals surface area (Å²) in [5.74, 6) is 0.956. The van der Waals surface area contributed by atoms with Crippen LogP contribution in [-0.2, 0) is 6.54 Å². The summed E-state index contributed by atoms with van der Waals surface area (Å²) in [7, 11) is 0. The Hall–Kier alpha value is -1.87. The molecule has 0 spiro atoms. The minimum atomic E-state index is 0.772. The van der Waals surface area contributed by atoms with Gasteiger partial charge in [0.1, 0.15) is 5.75 Å². The number of pyridine rings is 1. The molecule has 0 aliphatic rings. The van der Waals surface area contributed by atoms with Crippen LogP contribution in [0, 0.1) is 6.92 Å². The van der Waals surface area contributed by atoms with E-state index < -0.39 is 0 Å². The Morgan fingerprint density at radius 2 is 1.90 bits per heavy atom. The fraction of sp³-hybridized carbons (Fsp3) is 0.353. The zero-order valence-electron chi connectivity index (χ0n) is 12.0. The highest BCUT2D eigenvalue weighted by Gasteiger charge is 1.95. The lowest BCUT2D eigenvalue weighted by atomic mass is 10.2. The number of nitrogens with one attached hydrogen (secondary N) is 1. The molecular weight excluding hydrogens is 248 g/mol. The molecule has 0 atom stereocenters. The van der Waals surface area contributed by atoms with Gasteiger partial charge in [0, 0.05) is 12.7 Å². The number of benzene rings is 1. The quantitative estimate of drug-likeness (QED) is 0.747. The van der Waals surface area contributed by atoms with Crippen molar-refractivity contribution in [3.05, 3.63) is 59.9 Å². The summed E-state index contributed by atoms with van der Waals surface area (Å²) in [5, 5.41) is 3.39. The Morgan fingerprint density at radius 1 is 1.05 bits per heavy atom. The van der Waals surface area contributed by atoms with Gasteiger partial charge in [-0.15, -0.1) is 0 Å². The van der Waals surface area contributed by atoms with Crippen LogP contribution < -0.4 is 10.1 Å². The van der Waals surface area contributed by atoms with Crippen LogP contribution in [0.4, 0.5) is 0 Å². The van der Waals surface area contributed by atoms with E-state index in [9.17, 15) is 0 Å². The van der Waals surface area contributed by atoms with Gasteiger partial charge in [-0.3, -0.25) is 4.98 Å². The molecule has 0 radical (unpaired) electrons. The van der Waals surface area contributed by atoms with E-state index in [0.717, 1.165) is 44.0 Å². The first-order valence-corrected chi connectivity index (χ1v) is 7.15. The number of hydrogen-bond acceptors (Lipinski definition) is 3. The molecule has 3 nitrogen and oxygen atoms in total.